The average Bonchev–Trinajstić information content (AvgIpc) is 3.08. The smallest absolute Gasteiger partial charge is 0.266 e. The van der Waals surface area contributed by atoms with Crippen molar-refractivity contribution in [1.29, 1.82) is 0 Å². The van der Waals surface area contributed by atoms with Crippen molar-refractivity contribution in [2.24, 2.45) is 0 Å². The highest BCUT2D eigenvalue weighted by molar-refractivity contribution is 8.26. The number of nitrogens with zero attached hydrogens (tertiary/aromatic N) is 1. The molecule has 0 saturated carbocycles. The highest BCUT2D eigenvalue weighted by Gasteiger charge is 2.31. The van der Waals surface area contributed by atoms with Crippen LogP contribution in [0.3, 0.4) is 0 Å². The van der Waals surface area contributed by atoms with Gasteiger partial charge in [0.05, 0.1) is 12.0 Å². The third-order valence-corrected chi connectivity index (χ3v) is 6.69. The monoisotopic (exact) mass is 520 g/mol. The first-order valence-electron chi connectivity index (χ1n) is 10.4. The maximum absolute atomic E-state index is 12.7. The molecule has 0 atom stereocenters. The van der Waals surface area contributed by atoms with E-state index in [0.29, 0.717) is 51.0 Å². The molecule has 1 fully saturated rings. The molecule has 0 unspecified atom stereocenters. The number of thioether (sulfide) groups is 1. The van der Waals surface area contributed by atoms with Crippen molar-refractivity contribution in [2.75, 3.05) is 39.3 Å². The zero-order valence-electron chi connectivity index (χ0n) is 19.1. The zero-order valence-corrected chi connectivity index (χ0v) is 21.4. The van der Waals surface area contributed by atoms with E-state index < -0.39 is 0 Å². The highest BCUT2D eigenvalue weighted by atomic mass is 35.5. The summed E-state index contributed by atoms with van der Waals surface area (Å²) in [6.45, 7) is 2.76. The van der Waals surface area contributed by atoms with Crippen molar-refractivity contribution < 1.29 is 23.8 Å². The minimum Gasteiger partial charge on any atom is -0.493 e. The van der Waals surface area contributed by atoms with Gasteiger partial charge < -0.3 is 19.5 Å². The Morgan fingerprint density at radius 2 is 2.00 bits per heavy atom. The Morgan fingerprint density at radius 1 is 1.21 bits per heavy atom. The summed E-state index contributed by atoms with van der Waals surface area (Å²) in [5.41, 5.74) is 2.26. The summed E-state index contributed by atoms with van der Waals surface area (Å²) in [6, 6.07) is 10.5. The second-order valence-electron chi connectivity index (χ2n) is 7.39. The van der Waals surface area contributed by atoms with E-state index in [0.717, 1.165) is 11.1 Å². The van der Waals surface area contributed by atoms with Gasteiger partial charge in [0.2, 0.25) is 0 Å². The molecular formula is C24H25ClN2O5S2. The molecule has 0 aromatic heterocycles. The molecule has 0 aliphatic carbocycles. The average molecular weight is 521 g/mol. The molecule has 1 saturated heterocycles. The van der Waals surface area contributed by atoms with Crippen molar-refractivity contribution >= 4 is 63.5 Å². The minimum atomic E-state index is -0.330. The molecule has 1 heterocycles. The van der Waals surface area contributed by atoms with Gasteiger partial charge in [0.15, 0.2) is 18.1 Å². The van der Waals surface area contributed by atoms with Crippen LogP contribution in [0.4, 0.5) is 5.69 Å². The Morgan fingerprint density at radius 3 is 2.71 bits per heavy atom. The number of carbonyl (C=O) groups is 2. The molecule has 0 bridgehead atoms. The number of anilines is 1. The molecular weight excluding hydrogens is 496 g/mol. The maximum Gasteiger partial charge on any atom is 0.266 e. The predicted molar refractivity (Wildman–Crippen MR) is 140 cm³/mol. The molecule has 1 aliphatic heterocycles. The number of nitrogens with one attached hydrogen (secondary N) is 1. The van der Waals surface area contributed by atoms with Gasteiger partial charge in [0, 0.05) is 31.0 Å². The lowest BCUT2D eigenvalue weighted by atomic mass is 10.2. The number of aryl methyl sites for hydroxylation is 1. The van der Waals surface area contributed by atoms with Crippen molar-refractivity contribution in [3.8, 4) is 11.5 Å². The topological polar surface area (TPSA) is 77.1 Å². The van der Waals surface area contributed by atoms with Gasteiger partial charge in [-0.3, -0.25) is 14.5 Å². The summed E-state index contributed by atoms with van der Waals surface area (Å²) in [5, 5.41) is 3.32. The van der Waals surface area contributed by atoms with Gasteiger partial charge in [-0.2, -0.15) is 0 Å². The third-order valence-electron chi connectivity index (χ3n) is 4.90. The van der Waals surface area contributed by atoms with E-state index in [9.17, 15) is 9.59 Å². The number of carbonyl (C=O) groups excluding carboxylic acids is 2. The number of methoxy groups -OCH3 is 2. The van der Waals surface area contributed by atoms with E-state index in [1.165, 1.54) is 18.9 Å². The Hall–Kier alpha value is -2.59. The number of amides is 2. The Kier molecular flexibility index (Phi) is 9.35. The second-order valence-corrected chi connectivity index (χ2v) is 9.47. The molecule has 2 aromatic carbocycles. The largest absolute Gasteiger partial charge is 0.493 e. The number of benzene rings is 2. The van der Waals surface area contributed by atoms with Gasteiger partial charge >= 0.3 is 0 Å². The van der Waals surface area contributed by atoms with Crippen molar-refractivity contribution in [3.05, 3.63) is 57.5 Å². The van der Waals surface area contributed by atoms with Crippen LogP contribution in [0.25, 0.3) is 6.08 Å². The van der Waals surface area contributed by atoms with E-state index in [4.69, 9.17) is 38.0 Å². The number of ether oxygens (including phenoxy) is 3. The van der Waals surface area contributed by atoms with Crippen LogP contribution < -0.4 is 14.8 Å². The molecule has 0 radical (unpaired) electrons. The number of hydrogen-bond donors (Lipinski definition) is 1. The van der Waals surface area contributed by atoms with Crippen LogP contribution in [0.1, 0.15) is 17.5 Å². The fraction of sp³-hybridized carbons (Fsp3) is 0.292. The SMILES string of the molecule is COCCCN1C(=O)/C(=C/c2ccc(OCC(=O)Nc3ccc(C)c(Cl)c3)c(OC)c2)SC1=S. The molecule has 0 spiro atoms. The van der Waals surface area contributed by atoms with Crippen molar-refractivity contribution in [3.63, 3.8) is 0 Å². The van der Waals surface area contributed by atoms with Gasteiger partial charge in [-0.15, -0.1) is 0 Å². The minimum absolute atomic E-state index is 0.127. The van der Waals surface area contributed by atoms with E-state index in [-0.39, 0.29) is 18.4 Å². The summed E-state index contributed by atoms with van der Waals surface area (Å²) >= 11 is 12.7. The normalized spacial score (nSPS) is 14.6. The summed E-state index contributed by atoms with van der Waals surface area (Å²) in [4.78, 5) is 27.1. The first-order chi connectivity index (χ1) is 16.3. The lowest BCUT2D eigenvalue weighted by Gasteiger charge is -2.13. The Labute approximate surface area is 213 Å². The first-order valence-corrected chi connectivity index (χ1v) is 12.0. The lowest BCUT2D eigenvalue weighted by Crippen LogP contribution is -2.29. The molecule has 180 valence electrons. The predicted octanol–water partition coefficient (Wildman–Crippen LogP) is 4.91. The zero-order chi connectivity index (χ0) is 24.7. The van der Waals surface area contributed by atoms with E-state index in [2.05, 4.69) is 5.32 Å². The molecule has 2 amide bonds. The highest BCUT2D eigenvalue weighted by Crippen LogP contribution is 2.35. The second kappa shape index (κ2) is 12.2. The van der Waals surface area contributed by atoms with Crippen molar-refractivity contribution in [1.82, 2.24) is 4.90 Å². The van der Waals surface area contributed by atoms with E-state index >= 15 is 0 Å². The quantitative estimate of drug-likeness (QED) is 0.271. The van der Waals surface area contributed by atoms with Crippen LogP contribution in [0.15, 0.2) is 41.3 Å². The van der Waals surface area contributed by atoms with Gasteiger partial charge in [-0.05, 0) is 54.8 Å². The van der Waals surface area contributed by atoms with Crippen LogP contribution in [0.2, 0.25) is 5.02 Å². The maximum atomic E-state index is 12.7. The molecule has 34 heavy (non-hydrogen) atoms. The van der Waals surface area contributed by atoms with Crippen LogP contribution >= 0.6 is 35.6 Å². The summed E-state index contributed by atoms with van der Waals surface area (Å²) in [5.74, 6) is 0.390. The molecule has 2 aromatic rings. The van der Waals surface area contributed by atoms with E-state index in [1.54, 1.807) is 48.4 Å². The van der Waals surface area contributed by atoms with Crippen LogP contribution in [-0.4, -0.2) is 55.0 Å². The Bertz CT molecular complexity index is 1120. The first kappa shape index (κ1) is 26.0. The van der Waals surface area contributed by atoms with Gasteiger partial charge in [-0.1, -0.05) is 47.7 Å². The molecule has 3 rings (SSSR count). The summed E-state index contributed by atoms with van der Waals surface area (Å²) < 4.78 is 16.6. The lowest BCUT2D eigenvalue weighted by molar-refractivity contribution is -0.122. The molecule has 10 heteroatoms. The molecule has 7 nitrogen and oxygen atoms in total. The van der Waals surface area contributed by atoms with E-state index in [1.807, 2.05) is 13.0 Å². The van der Waals surface area contributed by atoms with Crippen LogP contribution in [0, 0.1) is 6.92 Å². The number of rotatable bonds is 10. The summed E-state index contributed by atoms with van der Waals surface area (Å²) in [6.07, 6.45) is 2.47. The number of hydrogen-bond acceptors (Lipinski definition) is 7. The number of halogens is 1. The fourth-order valence-electron chi connectivity index (χ4n) is 3.12. The Balaban J connectivity index is 1.64. The van der Waals surface area contributed by atoms with Crippen LogP contribution in [-0.2, 0) is 14.3 Å². The standard InChI is InChI=1S/C24H25ClN2O5S2/c1-15-5-7-17(13-18(15)25)26-22(28)14-32-19-8-6-16(11-20(19)31-3)12-21-23(29)27(24(33)34-21)9-4-10-30-2/h5-8,11-13H,4,9-10,14H2,1-3H3,(H,26,28)/b21-12-. The fourth-order valence-corrected chi connectivity index (χ4v) is 4.60. The third kappa shape index (κ3) is 6.73. The van der Waals surface area contributed by atoms with Gasteiger partial charge in [-0.25, -0.2) is 0 Å². The summed E-state index contributed by atoms with van der Waals surface area (Å²) in [7, 11) is 3.13. The molecule has 1 N–H and O–H groups in total. The van der Waals surface area contributed by atoms with Crippen molar-refractivity contribution in [2.45, 2.75) is 13.3 Å². The van der Waals surface area contributed by atoms with Gasteiger partial charge in [0.1, 0.15) is 4.32 Å². The van der Waals surface area contributed by atoms with Gasteiger partial charge in [0.25, 0.3) is 11.8 Å². The molecule has 1 aliphatic rings. The van der Waals surface area contributed by atoms with Crippen LogP contribution in [0.5, 0.6) is 11.5 Å². The number of thiocarbonyl (C=S) groups is 1.